The minimum atomic E-state index is -0.116. The van der Waals surface area contributed by atoms with Gasteiger partial charge in [0.05, 0.1) is 5.69 Å². The van der Waals surface area contributed by atoms with Crippen LogP contribution >= 0.6 is 12.2 Å². The SMILES string of the molecule is Cc1ccc(-c2n[nH]c(=S)n2CC(=O)NCCc2cn3ccccc3n2)cc1. The number of aromatic nitrogens is 5. The van der Waals surface area contributed by atoms with Gasteiger partial charge < -0.3 is 9.72 Å². The van der Waals surface area contributed by atoms with Crippen LogP contribution in [0.1, 0.15) is 11.3 Å². The summed E-state index contributed by atoms with van der Waals surface area (Å²) in [5.74, 6) is 0.537. The summed E-state index contributed by atoms with van der Waals surface area (Å²) in [6.45, 7) is 2.65. The average Bonchev–Trinajstić information content (AvgIpc) is 3.26. The number of aromatic amines is 1. The van der Waals surface area contributed by atoms with Crippen LogP contribution in [0, 0.1) is 11.7 Å². The van der Waals surface area contributed by atoms with E-state index in [4.69, 9.17) is 12.2 Å². The lowest BCUT2D eigenvalue weighted by molar-refractivity contribution is -0.121. The second kappa shape index (κ2) is 7.77. The molecule has 7 nitrogen and oxygen atoms in total. The summed E-state index contributed by atoms with van der Waals surface area (Å²) in [7, 11) is 0. The van der Waals surface area contributed by atoms with Crippen molar-refractivity contribution in [3.05, 3.63) is 70.9 Å². The van der Waals surface area contributed by atoms with E-state index in [0.29, 0.717) is 23.6 Å². The summed E-state index contributed by atoms with van der Waals surface area (Å²) in [6, 6.07) is 13.8. The summed E-state index contributed by atoms with van der Waals surface area (Å²) < 4.78 is 4.10. The Hall–Kier alpha value is -3.26. The van der Waals surface area contributed by atoms with Crippen LogP contribution in [0.25, 0.3) is 17.0 Å². The van der Waals surface area contributed by atoms with Crippen molar-refractivity contribution in [1.82, 2.24) is 29.5 Å². The minimum absolute atomic E-state index is 0.115. The first-order valence-corrected chi connectivity index (χ1v) is 9.42. The smallest absolute Gasteiger partial charge is 0.240 e. The van der Waals surface area contributed by atoms with Crippen LogP contribution in [0.4, 0.5) is 0 Å². The van der Waals surface area contributed by atoms with Crippen molar-refractivity contribution in [2.75, 3.05) is 6.54 Å². The zero-order valence-corrected chi connectivity index (χ0v) is 16.2. The molecule has 142 valence electrons. The van der Waals surface area contributed by atoms with Crippen LogP contribution in [-0.2, 0) is 17.8 Å². The number of aryl methyl sites for hydroxylation is 1. The van der Waals surface area contributed by atoms with Crippen LogP contribution in [0.3, 0.4) is 0 Å². The Morgan fingerprint density at radius 3 is 2.82 bits per heavy atom. The highest BCUT2D eigenvalue weighted by molar-refractivity contribution is 7.71. The zero-order chi connectivity index (χ0) is 19.5. The monoisotopic (exact) mass is 392 g/mol. The van der Waals surface area contributed by atoms with Crippen molar-refractivity contribution in [3.8, 4) is 11.4 Å². The van der Waals surface area contributed by atoms with Gasteiger partial charge in [-0.2, -0.15) is 5.10 Å². The summed E-state index contributed by atoms with van der Waals surface area (Å²) in [5.41, 5.74) is 3.91. The Kier molecular flexibility index (Phi) is 5.03. The van der Waals surface area contributed by atoms with Gasteiger partial charge in [-0.05, 0) is 31.3 Å². The molecule has 2 N–H and O–H groups in total. The second-order valence-electron chi connectivity index (χ2n) is 6.60. The standard InChI is InChI=1S/C20H20N6OS/c1-14-5-7-15(8-6-14)19-23-24-20(28)26(19)13-18(27)21-10-9-16-12-25-11-3-2-4-17(25)22-16/h2-8,11-12H,9-10,13H2,1H3,(H,21,27)(H,24,28). The number of amides is 1. The first-order chi connectivity index (χ1) is 13.6. The number of fused-ring (bicyclic) bond motifs is 1. The van der Waals surface area contributed by atoms with E-state index in [0.717, 1.165) is 22.5 Å². The topological polar surface area (TPSA) is 80.0 Å². The molecule has 0 saturated heterocycles. The lowest BCUT2D eigenvalue weighted by Gasteiger charge is -2.08. The molecule has 4 rings (SSSR count). The molecule has 1 amide bonds. The fourth-order valence-electron chi connectivity index (χ4n) is 3.02. The number of benzene rings is 1. The van der Waals surface area contributed by atoms with E-state index in [1.165, 1.54) is 0 Å². The fourth-order valence-corrected chi connectivity index (χ4v) is 3.22. The molecule has 0 saturated carbocycles. The predicted octanol–water partition coefficient (Wildman–Crippen LogP) is 2.92. The average molecular weight is 392 g/mol. The second-order valence-corrected chi connectivity index (χ2v) is 6.99. The Labute approximate surface area is 167 Å². The third-order valence-corrected chi connectivity index (χ3v) is 4.80. The molecule has 8 heteroatoms. The molecule has 0 unspecified atom stereocenters. The molecule has 0 atom stereocenters. The molecule has 0 fully saturated rings. The number of carbonyl (C=O) groups is 1. The number of pyridine rings is 1. The maximum atomic E-state index is 12.4. The van der Waals surface area contributed by atoms with E-state index >= 15 is 0 Å². The third kappa shape index (κ3) is 3.86. The largest absolute Gasteiger partial charge is 0.354 e. The molecule has 3 heterocycles. The molecule has 3 aromatic heterocycles. The lowest BCUT2D eigenvalue weighted by Crippen LogP contribution is -2.29. The molecule has 28 heavy (non-hydrogen) atoms. The Morgan fingerprint density at radius 2 is 2.04 bits per heavy atom. The number of rotatable bonds is 6. The summed E-state index contributed by atoms with van der Waals surface area (Å²) in [5, 5.41) is 9.98. The molecular formula is C20H20N6OS. The number of hydrogen-bond acceptors (Lipinski definition) is 4. The summed E-state index contributed by atoms with van der Waals surface area (Å²) in [6.07, 6.45) is 4.59. The Balaban J connectivity index is 1.39. The van der Waals surface area contributed by atoms with E-state index in [1.54, 1.807) is 4.57 Å². The van der Waals surface area contributed by atoms with Crippen LogP contribution in [-0.4, -0.2) is 36.6 Å². The highest BCUT2D eigenvalue weighted by atomic mass is 32.1. The van der Waals surface area contributed by atoms with Gasteiger partial charge in [0.25, 0.3) is 0 Å². The predicted molar refractivity (Wildman–Crippen MR) is 109 cm³/mol. The van der Waals surface area contributed by atoms with Crippen LogP contribution in [0.5, 0.6) is 0 Å². The van der Waals surface area contributed by atoms with Crippen LogP contribution in [0.2, 0.25) is 0 Å². The fraction of sp³-hybridized carbons (Fsp3) is 0.200. The summed E-state index contributed by atoms with van der Waals surface area (Å²) in [4.78, 5) is 17.0. The van der Waals surface area contributed by atoms with E-state index < -0.39 is 0 Å². The van der Waals surface area contributed by atoms with Gasteiger partial charge in [0.1, 0.15) is 12.2 Å². The molecule has 4 aromatic rings. The zero-order valence-electron chi connectivity index (χ0n) is 15.4. The molecule has 0 bridgehead atoms. The highest BCUT2D eigenvalue weighted by Gasteiger charge is 2.12. The molecule has 0 aliphatic rings. The number of nitrogens with zero attached hydrogens (tertiary/aromatic N) is 4. The van der Waals surface area contributed by atoms with Gasteiger partial charge in [0, 0.05) is 30.9 Å². The van der Waals surface area contributed by atoms with Crippen molar-refractivity contribution in [2.45, 2.75) is 19.9 Å². The van der Waals surface area contributed by atoms with Gasteiger partial charge in [-0.15, -0.1) is 0 Å². The maximum absolute atomic E-state index is 12.4. The first-order valence-electron chi connectivity index (χ1n) is 9.02. The van der Waals surface area contributed by atoms with Crippen molar-refractivity contribution < 1.29 is 4.79 Å². The molecule has 0 spiro atoms. The van der Waals surface area contributed by atoms with E-state index in [2.05, 4.69) is 20.5 Å². The maximum Gasteiger partial charge on any atom is 0.240 e. The number of H-pyrrole nitrogens is 1. The van der Waals surface area contributed by atoms with Gasteiger partial charge in [-0.1, -0.05) is 35.9 Å². The number of hydrogen-bond donors (Lipinski definition) is 2. The van der Waals surface area contributed by atoms with Gasteiger partial charge >= 0.3 is 0 Å². The molecule has 1 aromatic carbocycles. The summed E-state index contributed by atoms with van der Waals surface area (Å²) >= 11 is 5.30. The van der Waals surface area contributed by atoms with E-state index in [1.807, 2.05) is 66.2 Å². The normalized spacial score (nSPS) is 11.0. The van der Waals surface area contributed by atoms with Crippen molar-refractivity contribution in [1.29, 1.82) is 0 Å². The molecule has 0 radical (unpaired) electrons. The van der Waals surface area contributed by atoms with E-state index in [-0.39, 0.29) is 12.5 Å². The third-order valence-electron chi connectivity index (χ3n) is 4.49. The first kappa shape index (κ1) is 18.1. The number of nitrogens with one attached hydrogen (secondary N) is 2. The van der Waals surface area contributed by atoms with Crippen LogP contribution < -0.4 is 5.32 Å². The van der Waals surface area contributed by atoms with Crippen molar-refractivity contribution >= 4 is 23.8 Å². The van der Waals surface area contributed by atoms with Crippen molar-refractivity contribution in [3.63, 3.8) is 0 Å². The number of carbonyl (C=O) groups excluding carboxylic acids is 1. The van der Waals surface area contributed by atoms with Gasteiger partial charge in [-0.25, -0.2) is 4.98 Å². The molecule has 0 aliphatic carbocycles. The Bertz CT molecular complexity index is 1140. The lowest BCUT2D eigenvalue weighted by atomic mass is 10.1. The van der Waals surface area contributed by atoms with E-state index in [9.17, 15) is 4.79 Å². The minimum Gasteiger partial charge on any atom is -0.354 e. The van der Waals surface area contributed by atoms with Crippen LogP contribution in [0.15, 0.2) is 54.9 Å². The van der Waals surface area contributed by atoms with Crippen molar-refractivity contribution in [2.24, 2.45) is 0 Å². The number of imidazole rings is 1. The molecule has 0 aliphatic heterocycles. The van der Waals surface area contributed by atoms with Gasteiger partial charge in [-0.3, -0.25) is 14.5 Å². The van der Waals surface area contributed by atoms with Gasteiger partial charge in [0.15, 0.2) is 10.6 Å². The highest BCUT2D eigenvalue weighted by Crippen LogP contribution is 2.17. The molecular weight excluding hydrogens is 372 g/mol. The quantitative estimate of drug-likeness (QED) is 0.495. The van der Waals surface area contributed by atoms with Gasteiger partial charge in [0.2, 0.25) is 5.91 Å². The Morgan fingerprint density at radius 1 is 1.21 bits per heavy atom.